The molecule has 0 saturated carbocycles. The van der Waals surface area contributed by atoms with E-state index in [1.165, 1.54) is 6.08 Å². The molecular formula is C12H17CoO3P. The van der Waals surface area contributed by atoms with Gasteiger partial charge in [-0.25, -0.2) is 14.4 Å². The Hall–Kier alpha value is -0.584. The first kappa shape index (κ1) is 18.8. The van der Waals surface area contributed by atoms with E-state index in [0.717, 1.165) is 12.8 Å². The molecule has 97 valence electrons. The van der Waals surface area contributed by atoms with Crippen molar-refractivity contribution in [2.24, 2.45) is 0 Å². The van der Waals surface area contributed by atoms with Gasteiger partial charge in [-0.15, -0.1) is 0 Å². The summed E-state index contributed by atoms with van der Waals surface area (Å²) < 4.78 is 0. The Morgan fingerprint density at radius 1 is 1.12 bits per heavy atom. The normalized spacial score (nSPS) is 9.29. The van der Waals surface area contributed by atoms with E-state index in [1.807, 2.05) is 19.8 Å². The van der Waals surface area contributed by atoms with E-state index in [0.29, 0.717) is 17.6 Å². The smallest absolute Gasteiger partial charge is 0.129 e. The molecule has 0 atom stereocenters. The summed E-state index contributed by atoms with van der Waals surface area (Å²) in [5, 5.41) is 0.426. The van der Waals surface area contributed by atoms with E-state index < -0.39 is 6.89 Å². The molecule has 0 aliphatic heterocycles. The SMILES string of the molecule is CCCP(=C=O)(CCC)C(=C=O)CC=C=O.[Co]. The zero-order valence-electron chi connectivity index (χ0n) is 10.1. The number of carbonyl (C=O) groups excluding carboxylic acids is 3. The molecule has 0 fully saturated rings. The van der Waals surface area contributed by atoms with Gasteiger partial charge in [-0.1, -0.05) is 26.7 Å². The van der Waals surface area contributed by atoms with Crippen molar-refractivity contribution in [2.75, 3.05) is 12.3 Å². The monoisotopic (exact) mass is 299 g/mol. The van der Waals surface area contributed by atoms with Crippen LogP contribution in [0.4, 0.5) is 0 Å². The fourth-order valence-electron chi connectivity index (χ4n) is 1.73. The minimum Gasteiger partial charge on any atom is -0.234 e. The maximum Gasteiger partial charge on any atom is 0.129 e. The first-order chi connectivity index (χ1) is 7.70. The Morgan fingerprint density at radius 3 is 1.94 bits per heavy atom. The van der Waals surface area contributed by atoms with Crippen LogP contribution >= 0.6 is 6.89 Å². The minimum absolute atomic E-state index is 0. The number of rotatable bonds is 7. The van der Waals surface area contributed by atoms with E-state index in [4.69, 9.17) is 0 Å². The van der Waals surface area contributed by atoms with Gasteiger partial charge in [0.25, 0.3) is 0 Å². The molecule has 0 amide bonds. The van der Waals surface area contributed by atoms with Crippen LogP contribution in [0.1, 0.15) is 33.1 Å². The fraction of sp³-hybridized carbons (Fsp3) is 0.583. The van der Waals surface area contributed by atoms with Gasteiger partial charge in [0.2, 0.25) is 0 Å². The predicted molar refractivity (Wildman–Crippen MR) is 67.0 cm³/mol. The van der Waals surface area contributed by atoms with Crippen molar-refractivity contribution in [3.63, 3.8) is 0 Å². The van der Waals surface area contributed by atoms with Gasteiger partial charge in [0.05, 0.1) is 5.31 Å². The van der Waals surface area contributed by atoms with Crippen molar-refractivity contribution in [3.8, 4) is 0 Å². The van der Waals surface area contributed by atoms with Crippen LogP contribution in [-0.2, 0) is 31.2 Å². The molecule has 0 aromatic carbocycles. The van der Waals surface area contributed by atoms with Crippen molar-refractivity contribution in [1.82, 2.24) is 0 Å². The Balaban J connectivity index is 0. The number of allylic oxidation sites excluding steroid dienone is 2. The van der Waals surface area contributed by atoms with Crippen molar-refractivity contribution in [2.45, 2.75) is 33.1 Å². The molecule has 0 aromatic rings. The summed E-state index contributed by atoms with van der Waals surface area (Å²) in [5.41, 5.74) is 2.09. The molecule has 1 radical (unpaired) electrons. The van der Waals surface area contributed by atoms with Crippen LogP contribution in [0, 0.1) is 0 Å². The van der Waals surface area contributed by atoms with E-state index in [2.05, 4.69) is 5.66 Å². The average Bonchev–Trinajstić information content (AvgIpc) is 2.30. The zero-order chi connectivity index (χ0) is 12.4. The molecule has 0 rings (SSSR count). The Bertz CT molecular complexity index is 388. The summed E-state index contributed by atoms with van der Waals surface area (Å²) in [6.45, 7) is 1.80. The van der Waals surface area contributed by atoms with Crippen LogP contribution < -0.4 is 0 Å². The molecule has 0 aliphatic rings. The van der Waals surface area contributed by atoms with Crippen molar-refractivity contribution >= 4 is 24.4 Å². The van der Waals surface area contributed by atoms with E-state index in [9.17, 15) is 14.4 Å². The fourth-order valence-corrected chi connectivity index (χ4v) is 4.93. The number of hydrogen-bond acceptors (Lipinski definition) is 3. The second-order valence-corrected chi connectivity index (χ2v) is 7.13. The Morgan fingerprint density at radius 2 is 1.65 bits per heavy atom. The van der Waals surface area contributed by atoms with E-state index >= 15 is 0 Å². The van der Waals surface area contributed by atoms with Crippen LogP contribution in [0.15, 0.2) is 11.4 Å². The molecule has 17 heavy (non-hydrogen) atoms. The second kappa shape index (κ2) is 10.6. The molecule has 0 unspecified atom stereocenters. The Labute approximate surface area is 113 Å². The summed E-state index contributed by atoms with van der Waals surface area (Å²) in [6, 6.07) is 0. The molecule has 0 spiro atoms. The molecule has 0 heterocycles. The van der Waals surface area contributed by atoms with Gasteiger partial charge < -0.3 is 0 Å². The molecule has 0 aliphatic carbocycles. The first-order valence-corrected chi connectivity index (χ1v) is 7.57. The Kier molecular flexibility index (Phi) is 11.7. The van der Waals surface area contributed by atoms with Gasteiger partial charge in [0.15, 0.2) is 0 Å². The second-order valence-electron chi connectivity index (χ2n) is 3.58. The predicted octanol–water partition coefficient (Wildman–Crippen LogP) is 2.38. The summed E-state index contributed by atoms with van der Waals surface area (Å²) in [4.78, 5) is 32.2. The topological polar surface area (TPSA) is 51.2 Å². The minimum atomic E-state index is -2.14. The van der Waals surface area contributed by atoms with Crippen LogP contribution in [0.3, 0.4) is 0 Å². The third kappa shape index (κ3) is 5.52. The van der Waals surface area contributed by atoms with Gasteiger partial charge >= 0.3 is 0 Å². The third-order valence-electron chi connectivity index (χ3n) is 2.40. The maximum absolute atomic E-state index is 11.2. The average molecular weight is 299 g/mol. The van der Waals surface area contributed by atoms with Gasteiger partial charge in [-0.05, 0) is 12.3 Å². The van der Waals surface area contributed by atoms with Crippen LogP contribution in [0.25, 0.3) is 0 Å². The summed E-state index contributed by atoms with van der Waals surface area (Å²) in [5.74, 6) is 3.47. The first-order valence-electron chi connectivity index (χ1n) is 5.41. The molecule has 5 heteroatoms. The summed E-state index contributed by atoms with van der Waals surface area (Å²) in [6.07, 6.45) is 4.45. The molecule has 3 nitrogen and oxygen atoms in total. The van der Waals surface area contributed by atoms with E-state index in [-0.39, 0.29) is 23.2 Å². The van der Waals surface area contributed by atoms with Crippen LogP contribution in [0.5, 0.6) is 0 Å². The van der Waals surface area contributed by atoms with Gasteiger partial charge in [0.1, 0.15) is 17.5 Å². The van der Waals surface area contributed by atoms with Gasteiger partial charge in [0, 0.05) is 36.2 Å². The standard InChI is InChI=1S/C12H17O3P.Co/c1-3-8-16(11-15,9-4-2)12(10-14)6-5-7-13;/h5H,3-4,6,8-9H2,1-2H3;. The molecule has 0 bridgehead atoms. The third-order valence-corrected chi connectivity index (χ3v) is 6.48. The van der Waals surface area contributed by atoms with Crippen LogP contribution in [0.2, 0.25) is 0 Å². The molecular weight excluding hydrogens is 282 g/mol. The van der Waals surface area contributed by atoms with Gasteiger partial charge in [-0.3, -0.25) is 0 Å². The molecule has 0 N–H and O–H groups in total. The summed E-state index contributed by atoms with van der Waals surface area (Å²) >= 11 is 0. The van der Waals surface area contributed by atoms with Crippen molar-refractivity contribution in [3.05, 3.63) is 11.4 Å². The molecule has 0 aromatic heterocycles. The van der Waals surface area contributed by atoms with E-state index in [1.54, 1.807) is 5.94 Å². The number of hydrogen-bond donors (Lipinski definition) is 0. The zero-order valence-corrected chi connectivity index (χ0v) is 12.1. The van der Waals surface area contributed by atoms with Crippen molar-refractivity contribution < 1.29 is 31.2 Å². The largest absolute Gasteiger partial charge is 0.234 e. The molecule has 0 saturated heterocycles. The summed E-state index contributed by atoms with van der Waals surface area (Å²) in [7, 11) is 0. The maximum atomic E-state index is 11.2. The quantitative estimate of drug-likeness (QED) is 0.536. The van der Waals surface area contributed by atoms with Crippen molar-refractivity contribution in [1.29, 1.82) is 0 Å². The van der Waals surface area contributed by atoms with Crippen LogP contribution in [-0.4, -0.2) is 29.9 Å². The van der Waals surface area contributed by atoms with Gasteiger partial charge in [-0.2, -0.15) is 0 Å².